The summed E-state index contributed by atoms with van der Waals surface area (Å²) in [5.41, 5.74) is 1.07. The van der Waals surface area contributed by atoms with Gasteiger partial charge in [0.15, 0.2) is 5.60 Å². The first-order valence-corrected chi connectivity index (χ1v) is 10.3. The Morgan fingerprint density at radius 3 is 2.17 bits per heavy atom. The van der Waals surface area contributed by atoms with E-state index in [1.807, 2.05) is 67.3 Å². The summed E-state index contributed by atoms with van der Waals surface area (Å²) in [7, 11) is 0. The summed E-state index contributed by atoms with van der Waals surface area (Å²) < 4.78 is 6.41. The molecule has 2 fully saturated rings. The summed E-state index contributed by atoms with van der Waals surface area (Å²) in [5, 5.41) is 0. The smallest absolute Gasteiger partial charge is 0.262 e. The van der Waals surface area contributed by atoms with Gasteiger partial charge >= 0.3 is 0 Å². The second kappa shape index (κ2) is 6.53. The molecule has 4 nitrogen and oxygen atoms in total. The maximum Gasteiger partial charge on any atom is 0.262 e. The van der Waals surface area contributed by atoms with Crippen molar-refractivity contribution in [3.8, 4) is 0 Å². The van der Waals surface area contributed by atoms with Crippen LogP contribution >= 0.6 is 0 Å². The van der Waals surface area contributed by atoms with Crippen molar-refractivity contribution in [3.63, 3.8) is 0 Å². The molecule has 2 saturated heterocycles. The van der Waals surface area contributed by atoms with E-state index in [0.717, 1.165) is 16.8 Å². The van der Waals surface area contributed by atoms with E-state index >= 15 is 0 Å². The number of hydrogen-bond acceptors (Lipinski definition) is 3. The van der Waals surface area contributed by atoms with E-state index in [0.29, 0.717) is 6.42 Å². The summed E-state index contributed by atoms with van der Waals surface area (Å²) in [6.07, 6.45) is 0.463. The molecule has 1 spiro atoms. The van der Waals surface area contributed by atoms with Gasteiger partial charge in [0.25, 0.3) is 5.91 Å². The van der Waals surface area contributed by atoms with Crippen molar-refractivity contribution in [2.45, 2.75) is 70.1 Å². The van der Waals surface area contributed by atoms with Gasteiger partial charge in [-0.15, -0.1) is 0 Å². The second-order valence-corrected chi connectivity index (χ2v) is 9.90. The van der Waals surface area contributed by atoms with Gasteiger partial charge in [0.1, 0.15) is 11.8 Å². The highest BCUT2D eigenvalue weighted by molar-refractivity contribution is 6.11. The van der Waals surface area contributed by atoms with Crippen molar-refractivity contribution >= 4 is 17.4 Å². The second-order valence-electron chi connectivity index (χ2n) is 9.90. The Bertz CT molecular complexity index is 958. The average Bonchev–Trinajstić information content (AvgIpc) is 2.64. The number of nitrogens with zero attached hydrogens (tertiary/aromatic N) is 1. The van der Waals surface area contributed by atoms with Crippen LogP contribution in [0.15, 0.2) is 54.6 Å². The molecule has 4 heteroatoms. The van der Waals surface area contributed by atoms with Crippen LogP contribution in [-0.2, 0) is 19.7 Å². The first-order chi connectivity index (χ1) is 13.6. The van der Waals surface area contributed by atoms with Crippen LogP contribution in [0.4, 0.5) is 5.69 Å². The Kier molecular flexibility index (Phi) is 4.47. The molecule has 0 aliphatic carbocycles. The molecule has 1 amide bonds. The van der Waals surface area contributed by atoms with E-state index in [1.165, 1.54) is 0 Å². The van der Waals surface area contributed by atoms with Gasteiger partial charge in [-0.25, -0.2) is 0 Å². The van der Waals surface area contributed by atoms with Crippen molar-refractivity contribution < 1.29 is 14.3 Å². The number of para-hydroxylation sites is 1. The first-order valence-electron chi connectivity index (χ1n) is 10.3. The molecule has 29 heavy (non-hydrogen) atoms. The van der Waals surface area contributed by atoms with Crippen molar-refractivity contribution in [1.29, 1.82) is 0 Å². The third-order valence-electron chi connectivity index (χ3n) is 5.91. The quantitative estimate of drug-likeness (QED) is 0.679. The molecule has 2 atom stereocenters. The number of benzene rings is 2. The lowest BCUT2D eigenvalue weighted by Gasteiger charge is -2.59. The minimum Gasteiger partial charge on any atom is -0.356 e. The maximum absolute atomic E-state index is 13.7. The number of amides is 1. The molecule has 2 heterocycles. The van der Waals surface area contributed by atoms with Gasteiger partial charge in [-0.1, -0.05) is 69.3 Å². The molecule has 4 rings (SSSR count). The minimum atomic E-state index is -1.13. The molecule has 0 bridgehead atoms. The van der Waals surface area contributed by atoms with Crippen LogP contribution in [0.25, 0.3) is 0 Å². The van der Waals surface area contributed by atoms with E-state index in [1.54, 1.807) is 0 Å². The molecule has 2 aliphatic heterocycles. The number of hydrogen-bond donors (Lipinski definition) is 0. The fraction of sp³-hybridized carbons (Fsp3) is 0.440. The van der Waals surface area contributed by atoms with Crippen LogP contribution in [0.5, 0.6) is 0 Å². The van der Waals surface area contributed by atoms with E-state index in [2.05, 4.69) is 26.8 Å². The number of carbonyl (C=O) groups excluding carboxylic acids is 2. The topological polar surface area (TPSA) is 46.6 Å². The van der Waals surface area contributed by atoms with E-state index in [-0.39, 0.29) is 29.6 Å². The number of Topliss-reactive ketones (excluding diaryl/α,β-unsaturated/α-hetero) is 1. The molecule has 0 radical (unpaired) electrons. The fourth-order valence-corrected chi connectivity index (χ4v) is 4.87. The number of rotatable bonds is 2. The van der Waals surface area contributed by atoms with Crippen LogP contribution in [0.2, 0.25) is 0 Å². The summed E-state index contributed by atoms with van der Waals surface area (Å²) in [6.45, 7) is 10.2. The minimum absolute atomic E-state index is 0.0827. The Hall–Kier alpha value is -2.46. The zero-order chi connectivity index (χ0) is 21.0. The summed E-state index contributed by atoms with van der Waals surface area (Å²) in [5.74, 6) is -0.0385. The van der Waals surface area contributed by atoms with E-state index < -0.39 is 11.2 Å². The largest absolute Gasteiger partial charge is 0.356 e. The van der Waals surface area contributed by atoms with Crippen LogP contribution in [-0.4, -0.2) is 22.9 Å². The zero-order valence-electron chi connectivity index (χ0n) is 17.9. The van der Waals surface area contributed by atoms with Crippen molar-refractivity contribution in [1.82, 2.24) is 0 Å². The number of β-lactam (4-membered cyclic amide) rings is 1. The van der Waals surface area contributed by atoms with E-state index in [9.17, 15) is 9.59 Å². The SMILES string of the molecule is CC1(C)CC(=O)C[C@@]2(O1)C(=O)N(c1ccccc1C(C)(C)C)[C@@H]2c1ccccc1. The van der Waals surface area contributed by atoms with Gasteiger partial charge in [-0.3, -0.25) is 14.5 Å². The summed E-state index contributed by atoms with van der Waals surface area (Å²) in [4.78, 5) is 28.2. The predicted octanol–water partition coefficient (Wildman–Crippen LogP) is 4.97. The van der Waals surface area contributed by atoms with Crippen LogP contribution < -0.4 is 4.90 Å². The number of carbonyl (C=O) groups is 2. The number of ether oxygens (including phenoxy) is 1. The first kappa shape index (κ1) is 19.8. The Morgan fingerprint density at radius 1 is 0.931 bits per heavy atom. The van der Waals surface area contributed by atoms with Crippen LogP contribution in [0.1, 0.15) is 64.6 Å². The van der Waals surface area contributed by atoms with Gasteiger partial charge in [0.2, 0.25) is 0 Å². The molecule has 0 saturated carbocycles. The predicted molar refractivity (Wildman–Crippen MR) is 114 cm³/mol. The van der Waals surface area contributed by atoms with Gasteiger partial charge in [0.05, 0.1) is 5.60 Å². The highest BCUT2D eigenvalue weighted by atomic mass is 16.5. The van der Waals surface area contributed by atoms with Gasteiger partial charge < -0.3 is 4.74 Å². The lowest BCUT2D eigenvalue weighted by Crippen LogP contribution is -2.74. The highest BCUT2D eigenvalue weighted by Gasteiger charge is 2.67. The monoisotopic (exact) mass is 391 g/mol. The standard InChI is InChI=1S/C25H29NO3/c1-23(2,3)19-13-9-10-14-20(19)26-21(17-11-7-6-8-12-17)25(22(26)28)16-18(27)15-24(4,5)29-25/h6-14,21H,15-16H2,1-5H3/t21-,25+/m1/s1. The van der Waals surface area contributed by atoms with Crippen molar-refractivity contribution in [2.75, 3.05) is 4.90 Å². The molecular formula is C25H29NO3. The Balaban J connectivity index is 1.87. The molecule has 0 unspecified atom stereocenters. The van der Waals surface area contributed by atoms with Crippen LogP contribution in [0.3, 0.4) is 0 Å². The Morgan fingerprint density at radius 2 is 1.55 bits per heavy atom. The molecule has 2 aliphatic rings. The molecule has 0 N–H and O–H groups in total. The lowest BCUT2D eigenvalue weighted by atomic mass is 9.70. The maximum atomic E-state index is 13.7. The average molecular weight is 392 g/mol. The third kappa shape index (κ3) is 3.20. The summed E-state index contributed by atoms with van der Waals surface area (Å²) >= 11 is 0. The van der Waals surface area contributed by atoms with E-state index in [4.69, 9.17) is 4.74 Å². The fourth-order valence-electron chi connectivity index (χ4n) is 4.87. The molecule has 152 valence electrons. The van der Waals surface area contributed by atoms with Crippen molar-refractivity contribution in [2.24, 2.45) is 0 Å². The Labute approximate surface area is 172 Å². The molecule has 2 aromatic carbocycles. The highest BCUT2D eigenvalue weighted by Crippen LogP contribution is 2.55. The van der Waals surface area contributed by atoms with Gasteiger partial charge in [-0.05, 0) is 36.5 Å². The number of anilines is 1. The molecule has 0 aromatic heterocycles. The normalized spacial score (nSPS) is 26.5. The number of ketones is 1. The summed E-state index contributed by atoms with van der Waals surface area (Å²) in [6, 6.07) is 17.6. The lowest BCUT2D eigenvalue weighted by molar-refractivity contribution is -0.210. The van der Waals surface area contributed by atoms with Crippen molar-refractivity contribution in [3.05, 3.63) is 65.7 Å². The molecule has 2 aromatic rings. The van der Waals surface area contributed by atoms with Crippen LogP contribution in [0, 0.1) is 0 Å². The zero-order valence-corrected chi connectivity index (χ0v) is 17.9. The van der Waals surface area contributed by atoms with Gasteiger partial charge in [0, 0.05) is 18.5 Å². The third-order valence-corrected chi connectivity index (χ3v) is 5.91. The molecular weight excluding hydrogens is 362 g/mol. The van der Waals surface area contributed by atoms with Gasteiger partial charge in [-0.2, -0.15) is 0 Å².